The van der Waals surface area contributed by atoms with Crippen molar-refractivity contribution in [3.63, 3.8) is 0 Å². The molecule has 18 heavy (non-hydrogen) atoms. The lowest BCUT2D eigenvalue weighted by Gasteiger charge is -2.15. The van der Waals surface area contributed by atoms with Crippen LogP contribution in [0.3, 0.4) is 0 Å². The molecule has 1 rings (SSSR count). The monoisotopic (exact) mass is 313 g/mol. The molecule has 0 saturated heterocycles. The topological polar surface area (TPSA) is 87.7 Å². The zero-order valence-electron chi connectivity index (χ0n) is 10.1. The van der Waals surface area contributed by atoms with Crippen molar-refractivity contribution in [2.75, 3.05) is 0 Å². The first kappa shape index (κ1) is 14.5. The van der Waals surface area contributed by atoms with E-state index in [0.717, 1.165) is 10.0 Å². The number of hydrogen-bond donors (Lipinski definition) is 3. The average Bonchev–Trinajstić information content (AvgIpc) is 2.35. The van der Waals surface area contributed by atoms with Gasteiger partial charge in [-0.15, -0.1) is 0 Å². The first-order chi connectivity index (χ1) is 8.56. The minimum atomic E-state index is -0.436. The van der Waals surface area contributed by atoms with Gasteiger partial charge in [0, 0.05) is 4.47 Å². The van der Waals surface area contributed by atoms with E-state index in [1.807, 2.05) is 31.2 Å². The molecule has 0 fully saturated rings. The number of nitrogens with zero attached hydrogens (tertiary/aromatic N) is 1. The molecular formula is C12H16BrN3O2. The van der Waals surface area contributed by atoms with Crippen LogP contribution in [0.4, 0.5) is 0 Å². The number of nitrogens with two attached hydrogens (primary N) is 1. The molecule has 6 heteroatoms. The van der Waals surface area contributed by atoms with Gasteiger partial charge in [0.05, 0.1) is 12.5 Å². The lowest BCUT2D eigenvalue weighted by atomic mass is 10.1. The summed E-state index contributed by atoms with van der Waals surface area (Å²) in [4.78, 5) is 11.8. The van der Waals surface area contributed by atoms with E-state index < -0.39 is 6.04 Å². The van der Waals surface area contributed by atoms with E-state index >= 15 is 0 Å². The highest BCUT2D eigenvalue weighted by Gasteiger charge is 2.14. The number of amidine groups is 1. The summed E-state index contributed by atoms with van der Waals surface area (Å²) in [6.07, 6.45) is 0.828. The van der Waals surface area contributed by atoms with Gasteiger partial charge in [0.2, 0.25) is 5.91 Å². The second-order valence-corrected chi connectivity index (χ2v) is 4.78. The van der Waals surface area contributed by atoms with Crippen molar-refractivity contribution in [3.05, 3.63) is 34.3 Å². The van der Waals surface area contributed by atoms with Crippen molar-refractivity contribution in [1.82, 2.24) is 5.32 Å². The van der Waals surface area contributed by atoms with Gasteiger partial charge in [0.15, 0.2) is 5.84 Å². The largest absolute Gasteiger partial charge is 0.409 e. The number of carbonyl (C=O) groups is 1. The van der Waals surface area contributed by atoms with E-state index in [0.29, 0.717) is 6.42 Å². The van der Waals surface area contributed by atoms with Crippen molar-refractivity contribution >= 4 is 27.7 Å². The quantitative estimate of drug-likeness (QED) is 0.334. The van der Waals surface area contributed by atoms with Crippen molar-refractivity contribution in [3.8, 4) is 0 Å². The summed E-state index contributed by atoms with van der Waals surface area (Å²) in [5.74, 6) is -0.147. The zero-order valence-corrected chi connectivity index (χ0v) is 11.6. The number of nitrogens with one attached hydrogen (secondary N) is 1. The zero-order chi connectivity index (χ0) is 13.5. The Bertz CT molecular complexity index is 449. The van der Waals surface area contributed by atoms with Crippen LogP contribution in [0, 0.1) is 0 Å². The molecule has 1 aromatic rings. The number of amides is 1. The predicted octanol–water partition coefficient (Wildman–Crippen LogP) is 1.63. The molecule has 4 N–H and O–H groups in total. The summed E-state index contributed by atoms with van der Waals surface area (Å²) in [5, 5.41) is 14.2. The van der Waals surface area contributed by atoms with Crippen molar-refractivity contribution in [2.45, 2.75) is 25.8 Å². The lowest BCUT2D eigenvalue weighted by molar-refractivity contribution is -0.120. The van der Waals surface area contributed by atoms with Crippen LogP contribution in [0.5, 0.6) is 0 Å². The van der Waals surface area contributed by atoms with Crippen LogP contribution in [0.25, 0.3) is 0 Å². The maximum absolute atomic E-state index is 11.8. The standard InChI is InChI=1S/C12H16BrN3O2/c1-2-10(12(14)16-18)15-11(17)7-8-4-3-5-9(13)6-8/h3-6,10,18H,2,7H2,1H3,(H2,14,16)(H,15,17). The fourth-order valence-corrected chi connectivity index (χ4v) is 1.98. The van der Waals surface area contributed by atoms with Crippen LogP contribution < -0.4 is 11.1 Å². The minimum Gasteiger partial charge on any atom is -0.409 e. The molecule has 98 valence electrons. The summed E-state index contributed by atoms with van der Waals surface area (Å²) in [7, 11) is 0. The van der Waals surface area contributed by atoms with Crippen molar-refractivity contribution in [2.24, 2.45) is 10.9 Å². The Labute approximate surface area is 114 Å². The SMILES string of the molecule is CCC(NC(=O)Cc1cccc(Br)c1)C(N)=NO. The number of hydrogen-bond acceptors (Lipinski definition) is 3. The molecule has 1 aromatic carbocycles. The van der Waals surface area contributed by atoms with Gasteiger partial charge in [-0.2, -0.15) is 0 Å². The molecule has 0 aliphatic rings. The van der Waals surface area contributed by atoms with Gasteiger partial charge in [-0.25, -0.2) is 0 Å². The van der Waals surface area contributed by atoms with E-state index in [-0.39, 0.29) is 18.2 Å². The van der Waals surface area contributed by atoms with Crippen LogP contribution >= 0.6 is 15.9 Å². The summed E-state index contributed by atoms with van der Waals surface area (Å²) < 4.78 is 0.927. The number of oxime groups is 1. The third-order valence-corrected chi connectivity index (χ3v) is 2.96. The number of benzene rings is 1. The lowest BCUT2D eigenvalue weighted by Crippen LogP contribution is -2.44. The van der Waals surface area contributed by atoms with Crippen LogP contribution in [0.15, 0.2) is 33.9 Å². The molecule has 0 bridgehead atoms. The Kier molecular flexibility index (Phi) is 5.64. The fraction of sp³-hybridized carbons (Fsp3) is 0.333. The van der Waals surface area contributed by atoms with Crippen LogP contribution in [-0.2, 0) is 11.2 Å². The van der Waals surface area contributed by atoms with Gasteiger partial charge in [-0.1, -0.05) is 40.1 Å². The molecule has 1 amide bonds. The maximum atomic E-state index is 11.8. The van der Waals surface area contributed by atoms with Gasteiger partial charge in [0.25, 0.3) is 0 Å². The van der Waals surface area contributed by atoms with E-state index in [4.69, 9.17) is 10.9 Å². The van der Waals surface area contributed by atoms with Gasteiger partial charge >= 0.3 is 0 Å². The van der Waals surface area contributed by atoms with Crippen LogP contribution in [0.1, 0.15) is 18.9 Å². The van der Waals surface area contributed by atoms with Crippen LogP contribution in [0.2, 0.25) is 0 Å². The van der Waals surface area contributed by atoms with Gasteiger partial charge < -0.3 is 16.3 Å². The van der Waals surface area contributed by atoms with Gasteiger partial charge in [-0.05, 0) is 24.1 Å². The second kappa shape index (κ2) is 7.00. The van der Waals surface area contributed by atoms with E-state index in [1.54, 1.807) is 0 Å². The number of rotatable bonds is 5. The smallest absolute Gasteiger partial charge is 0.225 e. The molecule has 0 spiro atoms. The highest BCUT2D eigenvalue weighted by atomic mass is 79.9. The molecule has 5 nitrogen and oxygen atoms in total. The van der Waals surface area contributed by atoms with E-state index in [9.17, 15) is 4.79 Å². The summed E-state index contributed by atoms with van der Waals surface area (Å²) >= 11 is 3.35. The normalized spacial score (nSPS) is 13.1. The summed E-state index contributed by atoms with van der Waals surface area (Å²) in [6.45, 7) is 1.85. The third-order valence-electron chi connectivity index (χ3n) is 2.47. The molecule has 0 heterocycles. The Morgan fingerprint density at radius 2 is 2.33 bits per heavy atom. The summed E-state index contributed by atoms with van der Waals surface area (Å²) in [6, 6.07) is 7.08. The highest BCUT2D eigenvalue weighted by Crippen LogP contribution is 2.12. The predicted molar refractivity (Wildman–Crippen MR) is 73.5 cm³/mol. The molecule has 0 aliphatic carbocycles. The molecule has 1 atom stereocenters. The first-order valence-electron chi connectivity index (χ1n) is 5.58. The molecule has 0 aliphatic heterocycles. The third kappa shape index (κ3) is 4.37. The summed E-state index contributed by atoms with van der Waals surface area (Å²) in [5.41, 5.74) is 6.37. The number of halogens is 1. The van der Waals surface area contributed by atoms with E-state index in [2.05, 4.69) is 26.4 Å². The van der Waals surface area contributed by atoms with Crippen molar-refractivity contribution < 1.29 is 10.0 Å². The van der Waals surface area contributed by atoms with E-state index in [1.165, 1.54) is 0 Å². The fourth-order valence-electron chi connectivity index (χ4n) is 1.53. The Balaban J connectivity index is 2.61. The molecular weight excluding hydrogens is 298 g/mol. The first-order valence-corrected chi connectivity index (χ1v) is 6.37. The molecule has 0 saturated carbocycles. The maximum Gasteiger partial charge on any atom is 0.225 e. The second-order valence-electron chi connectivity index (χ2n) is 3.86. The van der Waals surface area contributed by atoms with Crippen molar-refractivity contribution in [1.29, 1.82) is 0 Å². The van der Waals surface area contributed by atoms with Crippen LogP contribution in [-0.4, -0.2) is 23.0 Å². The molecule has 0 aromatic heterocycles. The average molecular weight is 314 g/mol. The molecule has 0 radical (unpaired) electrons. The Hall–Kier alpha value is -1.56. The Morgan fingerprint density at radius 3 is 2.89 bits per heavy atom. The van der Waals surface area contributed by atoms with Gasteiger partial charge in [0.1, 0.15) is 0 Å². The minimum absolute atomic E-state index is 0.0140. The number of carbonyl (C=O) groups excluding carboxylic acids is 1. The molecule has 1 unspecified atom stereocenters. The Morgan fingerprint density at radius 1 is 1.61 bits per heavy atom. The highest BCUT2D eigenvalue weighted by molar-refractivity contribution is 9.10. The van der Waals surface area contributed by atoms with Gasteiger partial charge in [-0.3, -0.25) is 4.79 Å².